The number of nitrogens with one attached hydrogen (secondary N) is 1. The Morgan fingerprint density at radius 2 is 2.17 bits per heavy atom. The van der Waals surface area contributed by atoms with Gasteiger partial charge < -0.3 is 5.32 Å². The van der Waals surface area contributed by atoms with Crippen LogP contribution in [0.5, 0.6) is 0 Å². The van der Waals surface area contributed by atoms with Gasteiger partial charge in [0.15, 0.2) is 0 Å². The summed E-state index contributed by atoms with van der Waals surface area (Å²) < 4.78 is 15.1. The Morgan fingerprint density at radius 3 is 2.78 bits per heavy atom. The van der Waals surface area contributed by atoms with Crippen molar-refractivity contribution < 1.29 is 4.39 Å². The standard InChI is InChI=1S/C14H18FN3/c1-3-13(11-6-5-7-12(15)10-11)16-14-8-9-18(4-2)17-14/h5-10,13H,3-4H2,1-2H3,(H,16,17). The average Bonchev–Trinajstić information content (AvgIpc) is 2.83. The Morgan fingerprint density at radius 1 is 1.33 bits per heavy atom. The summed E-state index contributed by atoms with van der Waals surface area (Å²) in [6, 6.07) is 8.72. The van der Waals surface area contributed by atoms with Gasteiger partial charge in [0.25, 0.3) is 0 Å². The highest BCUT2D eigenvalue weighted by atomic mass is 19.1. The van der Waals surface area contributed by atoms with Gasteiger partial charge in [-0.3, -0.25) is 4.68 Å². The van der Waals surface area contributed by atoms with E-state index in [1.54, 1.807) is 12.1 Å². The van der Waals surface area contributed by atoms with Crippen LogP contribution in [0.4, 0.5) is 10.2 Å². The number of aryl methyl sites for hydroxylation is 1. The highest BCUT2D eigenvalue weighted by Gasteiger charge is 2.11. The second-order valence-electron chi connectivity index (χ2n) is 4.22. The van der Waals surface area contributed by atoms with E-state index >= 15 is 0 Å². The van der Waals surface area contributed by atoms with Crippen molar-refractivity contribution in [3.8, 4) is 0 Å². The summed E-state index contributed by atoms with van der Waals surface area (Å²) in [6.45, 7) is 4.96. The molecular formula is C14H18FN3. The van der Waals surface area contributed by atoms with Crippen LogP contribution < -0.4 is 5.32 Å². The molecule has 1 N–H and O–H groups in total. The van der Waals surface area contributed by atoms with Crippen molar-refractivity contribution in [2.24, 2.45) is 0 Å². The van der Waals surface area contributed by atoms with Gasteiger partial charge in [-0.2, -0.15) is 5.10 Å². The van der Waals surface area contributed by atoms with Crippen LogP contribution in [0.2, 0.25) is 0 Å². The monoisotopic (exact) mass is 247 g/mol. The van der Waals surface area contributed by atoms with Crippen LogP contribution in [0.3, 0.4) is 0 Å². The number of hydrogen-bond donors (Lipinski definition) is 1. The van der Waals surface area contributed by atoms with Gasteiger partial charge >= 0.3 is 0 Å². The van der Waals surface area contributed by atoms with Gasteiger partial charge in [-0.05, 0) is 31.0 Å². The Labute approximate surface area is 107 Å². The molecule has 4 heteroatoms. The first-order valence-electron chi connectivity index (χ1n) is 6.28. The lowest BCUT2D eigenvalue weighted by molar-refractivity contribution is 0.619. The van der Waals surface area contributed by atoms with Crippen LogP contribution in [0, 0.1) is 5.82 Å². The molecule has 0 aliphatic rings. The van der Waals surface area contributed by atoms with E-state index in [-0.39, 0.29) is 11.9 Å². The van der Waals surface area contributed by atoms with Crippen molar-refractivity contribution >= 4 is 5.82 Å². The molecule has 0 bridgehead atoms. The summed E-state index contributed by atoms with van der Waals surface area (Å²) in [5.41, 5.74) is 0.948. The molecule has 3 nitrogen and oxygen atoms in total. The third-order valence-corrected chi connectivity index (χ3v) is 2.95. The first-order valence-corrected chi connectivity index (χ1v) is 6.28. The summed E-state index contributed by atoms with van der Waals surface area (Å²) in [5, 5.41) is 7.70. The zero-order chi connectivity index (χ0) is 13.0. The largest absolute Gasteiger partial charge is 0.362 e. The van der Waals surface area contributed by atoms with Gasteiger partial charge in [0.2, 0.25) is 0 Å². The van der Waals surface area contributed by atoms with Gasteiger partial charge in [-0.15, -0.1) is 0 Å². The Bertz CT molecular complexity index is 507. The third kappa shape index (κ3) is 2.88. The summed E-state index contributed by atoms with van der Waals surface area (Å²) in [7, 11) is 0. The van der Waals surface area contributed by atoms with Crippen LogP contribution >= 0.6 is 0 Å². The molecule has 96 valence electrons. The van der Waals surface area contributed by atoms with Crippen molar-refractivity contribution in [1.29, 1.82) is 0 Å². The van der Waals surface area contributed by atoms with E-state index in [0.717, 1.165) is 24.3 Å². The lowest BCUT2D eigenvalue weighted by Crippen LogP contribution is -2.10. The summed E-state index contributed by atoms with van der Waals surface area (Å²) in [5.74, 6) is 0.625. The molecule has 1 heterocycles. The number of anilines is 1. The van der Waals surface area contributed by atoms with Crippen molar-refractivity contribution in [3.05, 3.63) is 47.9 Å². The zero-order valence-electron chi connectivity index (χ0n) is 10.7. The molecule has 0 amide bonds. The minimum absolute atomic E-state index is 0.0842. The quantitative estimate of drug-likeness (QED) is 0.874. The van der Waals surface area contributed by atoms with Gasteiger partial charge in [0.1, 0.15) is 11.6 Å². The van der Waals surface area contributed by atoms with Crippen molar-refractivity contribution in [3.63, 3.8) is 0 Å². The molecule has 0 aliphatic carbocycles. The fourth-order valence-corrected chi connectivity index (χ4v) is 1.94. The van der Waals surface area contributed by atoms with E-state index in [4.69, 9.17) is 0 Å². The van der Waals surface area contributed by atoms with Crippen molar-refractivity contribution in [2.75, 3.05) is 5.32 Å². The molecule has 18 heavy (non-hydrogen) atoms. The van der Waals surface area contributed by atoms with Crippen molar-refractivity contribution in [1.82, 2.24) is 9.78 Å². The maximum Gasteiger partial charge on any atom is 0.148 e. The van der Waals surface area contributed by atoms with Gasteiger partial charge in [-0.25, -0.2) is 4.39 Å². The lowest BCUT2D eigenvalue weighted by atomic mass is 10.0. The molecule has 0 radical (unpaired) electrons. The minimum atomic E-state index is -0.202. The molecule has 2 rings (SSSR count). The molecular weight excluding hydrogens is 229 g/mol. The van der Waals surface area contributed by atoms with Crippen LogP contribution in [-0.2, 0) is 6.54 Å². The lowest BCUT2D eigenvalue weighted by Gasteiger charge is -2.17. The number of nitrogens with zero attached hydrogens (tertiary/aromatic N) is 2. The second-order valence-corrected chi connectivity index (χ2v) is 4.22. The third-order valence-electron chi connectivity index (χ3n) is 2.95. The Kier molecular flexibility index (Phi) is 3.97. The van der Waals surface area contributed by atoms with Gasteiger partial charge in [-0.1, -0.05) is 19.1 Å². The number of halogens is 1. The van der Waals surface area contributed by atoms with Crippen LogP contribution in [0.15, 0.2) is 36.5 Å². The number of rotatable bonds is 5. The number of benzene rings is 1. The molecule has 0 spiro atoms. The zero-order valence-corrected chi connectivity index (χ0v) is 10.7. The topological polar surface area (TPSA) is 29.9 Å². The maximum absolute atomic E-state index is 13.2. The first-order chi connectivity index (χ1) is 8.72. The first kappa shape index (κ1) is 12.6. The highest BCUT2D eigenvalue weighted by Crippen LogP contribution is 2.22. The van der Waals surface area contributed by atoms with Gasteiger partial charge in [0, 0.05) is 18.8 Å². The van der Waals surface area contributed by atoms with E-state index < -0.39 is 0 Å². The normalized spacial score (nSPS) is 12.4. The fourth-order valence-electron chi connectivity index (χ4n) is 1.94. The maximum atomic E-state index is 13.2. The van der Waals surface area contributed by atoms with Gasteiger partial charge in [0.05, 0.1) is 6.04 Å². The predicted molar refractivity (Wildman–Crippen MR) is 71.0 cm³/mol. The Hall–Kier alpha value is -1.84. The molecule has 1 aromatic heterocycles. The van der Waals surface area contributed by atoms with Crippen LogP contribution in [0.25, 0.3) is 0 Å². The Balaban J connectivity index is 2.14. The molecule has 0 aliphatic heterocycles. The molecule has 0 fully saturated rings. The summed E-state index contributed by atoms with van der Waals surface area (Å²) >= 11 is 0. The number of aromatic nitrogens is 2. The van der Waals surface area contributed by atoms with E-state index in [0.29, 0.717) is 0 Å². The predicted octanol–water partition coefficient (Wildman–Crippen LogP) is 3.61. The molecule has 0 saturated carbocycles. The highest BCUT2D eigenvalue weighted by molar-refractivity contribution is 5.37. The molecule has 0 saturated heterocycles. The SMILES string of the molecule is CCC(Nc1ccn(CC)n1)c1cccc(F)c1. The summed E-state index contributed by atoms with van der Waals surface area (Å²) in [6.07, 6.45) is 2.81. The smallest absolute Gasteiger partial charge is 0.148 e. The van der Waals surface area contributed by atoms with Crippen molar-refractivity contribution in [2.45, 2.75) is 32.9 Å². The summed E-state index contributed by atoms with van der Waals surface area (Å²) in [4.78, 5) is 0. The second kappa shape index (κ2) is 5.67. The fraction of sp³-hybridized carbons (Fsp3) is 0.357. The van der Waals surface area contributed by atoms with E-state index in [2.05, 4.69) is 17.3 Å². The molecule has 2 aromatic rings. The molecule has 1 unspecified atom stereocenters. The van der Waals surface area contributed by atoms with E-state index in [9.17, 15) is 4.39 Å². The molecule has 1 atom stereocenters. The number of hydrogen-bond acceptors (Lipinski definition) is 2. The molecule has 1 aromatic carbocycles. The van der Waals surface area contributed by atoms with E-state index in [1.165, 1.54) is 6.07 Å². The average molecular weight is 247 g/mol. The van der Waals surface area contributed by atoms with Crippen LogP contribution in [0.1, 0.15) is 31.9 Å². The van der Waals surface area contributed by atoms with Crippen LogP contribution in [-0.4, -0.2) is 9.78 Å². The van der Waals surface area contributed by atoms with E-state index in [1.807, 2.05) is 29.9 Å². The minimum Gasteiger partial charge on any atom is -0.362 e.